The van der Waals surface area contributed by atoms with Gasteiger partial charge in [0.25, 0.3) is 0 Å². The predicted molar refractivity (Wildman–Crippen MR) is 113 cm³/mol. The Labute approximate surface area is 169 Å². The van der Waals surface area contributed by atoms with Crippen molar-refractivity contribution in [1.82, 2.24) is 15.5 Å². The Hall–Kier alpha value is -0.570. The Morgan fingerprint density at radius 3 is 2.52 bits per heavy atom. The van der Waals surface area contributed by atoms with E-state index in [2.05, 4.69) is 22.5 Å². The fourth-order valence-corrected chi connectivity index (χ4v) is 3.34. The van der Waals surface area contributed by atoms with E-state index in [0.717, 1.165) is 38.5 Å². The normalized spacial score (nSPS) is 24.5. The van der Waals surface area contributed by atoms with Crippen LogP contribution >= 0.6 is 24.0 Å². The number of nitrogens with zero attached hydrogens (tertiary/aromatic N) is 2. The summed E-state index contributed by atoms with van der Waals surface area (Å²) >= 11 is 0. The Morgan fingerprint density at radius 2 is 1.92 bits per heavy atom. The highest BCUT2D eigenvalue weighted by Gasteiger charge is 2.29. The Balaban J connectivity index is 0.00000312. The van der Waals surface area contributed by atoms with Crippen molar-refractivity contribution in [2.24, 2.45) is 10.9 Å². The number of hydrogen-bond donors (Lipinski definition) is 2. The van der Waals surface area contributed by atoms with Gasteiger partial charge in [-0.2, -0.15) is 0 Å². The van der Waals surface area contributed by atoms with Crippen LogP contribution in [0.25, 0.3) is 0 Å². The van der Waals surface area contributed by atoms with Gasteiger partial charge in [0.15, 0.2) is 5.96 Å². The van der Waals surface area contributed by atoms with Gasteiger partial charge in [-0.1, -0.05) is 19.3 Å². The molecule has 0 aromatic rings. The summed E-state index contributed by atoms with van der Waals surface area (Å²) in [7, 11) is 3.52. The zero-order chi connectivity index (χ0) is 17.4. The number of carbonyl (C=O) groups excluding carboxylic acids is 1. The van der Waals surface area contributed by atoms with Crippen LogP contribution in [0, 0.1) is 5.92 Å². The number of nitrogens with one attached hydrogen (secondary N) is 2. The lowest BCUT2D eigenvalue weighted by atomic mass is 9.89. The molecular weight excluding hydrogens is 431 g/mol. The van der Waals surface area contributed by atoms with Gasteiger partial charge in [-0.15, -0.1) is 24.0 Å². The zero-order valence-corrected chi connectivity index (χ0v) is 18.3. The fourth-order valence-electron chi connectivity index (χ4n) is 3.34. The summed E-state index contributed by atoms with van der Waals surface area (Å²) < 4.78 is 5.83. The maximum absolute atomic E-state index is 11.8. The monoisotopic (exact) mass is 466 g/mol. The minimum absolute atomic E-state index is 0. The average molecular weight is 466 g/mol. The molecule has 1 saturated heterocycles. The Kier molecular flexibility index (Phi) is 10.1. The number of aliphatic imine (C=N–C) groups is 1. The van der Waals surface area contributed by atoms with Gasteiger partial charge in [-0.3, -0.25) is 4.79 Å². The minimum Gasteiger partial charge on any atom is -0.373 e. The maximum atomic E-state index is 11.8. The molecule has 1 amide bonds. The first kappa shape index (κ1) is 22.5. The van der Waals surface area contributed by atoms with Crippen LogP contribution in [0.2, 0.25) is 0 Å². The molecule has 0 aromatic heterocycles. The molecule has 1 aliphatic carbocycles. The predicted octanol–water partition coefficient (Wildman–Crippen LogP) is 2.38. The van der Waals surface area contributed by atoms with Gasteiger partial charge in [0.05, 0.1) is 5.60 Å². The van der Waals surface area contributed by atoms with Crippen LogP contribution in [0.1, 0.15) is 51.9 Å². The molecule has 1 aliphatic heterocycles. The number of amides is 1. The van der Waals surface area contributed by atoms with Crippen molar-refractivity contribution in [2.75, 3.05) is 40.3 Å². The lowest BCUT2D eigenvalue weighted by Crippen LogP contribution is -2.47. The summed E-state index contributed by atoms with van der Waals surface area (Å²) in [5.74, 6) is 1.46. The van der Waals surface area contributed by atoms with Crippen molar-refractivity contribution in [2.45, 2.75) is 57.5 Å². The molecule has 25 heavy (non-hydrogen) atoms. The number of halogens is 1. The molecule has 2 N–H and O–H groups in total. The van der Waals surface area contributed by atoms with Crippen molar-refractivity contribution in [1.29, 1.82) is 0 Å². The number of likely N-dealkylation sites (N-methyl/N-ethyl adjacent to an activating group) is 1. The third-order valence-electron chi connectivity index (χ3n) is 5.08. The molecule has 0 aromatic carbocycles. The van der Waals surface area contributed by atoms with Crippen LogP contribution in [0.15, 0.2) is 4.99 Å². The third-order valence-corrected chi connectivity index (χ3v) is 5.08. The number of ether oxygens (including phenoxy) is 1. The van der Waals surface area contributed by atoms with Crippen LogP contribution in [0.5, 0.6) is 0 Å². The van der Waals surface area contributed by atoms with E-state index < -0.39 is 0 Å². The van der Waals surface area contributed by atoms with Crippen LogP contribution < -0.4 is 10.6 Å². The van der Waals surface area contributed by atoms with Gasteiger partial charge in [-0.05, 0) is 38.5 Å². The largest absolute Gasteiger partial charge is 0.373 e. The smallest absolute Gasteiger partial charge is 0.243 e. The number of hydrogen-bond acceptors (Lipinski definition) is 3. The average Bonchev–Trinajstić information content (AvgIpc) is 3.01. The summed E-state index contributed by atoms with van der Waals surface area (Å²) in [4.78, 5) is 17.9. The van der Waals surface area contributed by atoms with E-state index in [-0.39, 0.29) is 42.0 Å². The molecular formula is C18H35IN4O2. The zero-order valence-electron chi connectivity index (χ0n) is 16.0. The second kappa shape index (κ2) is 11.2. The number of rotatable bonds is 6. The molecule has 1 unspecified atom stereocenters. The van der Waals surface area contributed by atoms with Crippen molar-refractivity contribution in [3.63, 3.8) is 0 Å². The molecule has 2 aliphatic rings. The number of carbonyl (C=O) groups is 1. The second-order valence-electron chi connectivity index (χ2n) is 7.59. The molecule has 7 heteroatoms. The summed E-state index contributed by atoms with van der Waals surface area (Å²) in [5, 5.41) is 6.82. The number of guanidine groups is 1. The Morgan fingerprint density at radius 1 is 1.20 bits per heavy atom. The van der Waals surface area contributed by atoms with Gasteiger partial charge < -0.3 is 20.3 Å². The SMILES string of the molecule is CN(C)C(=O)CN=C(NCC1CCCCC1)NCC1(C)CCCO1.I. The topological polar surface area (TPSA) is 66.0 Å². The highest BCUT2D eigenvalue weighted by atomic mass is 127. The van der Waals surface area contributed by atoms with Gasteiger partial charge in [0.1, 0.15) is 6.54 Å². The van der Waals surface area contributed by atoms with Crippen molar-refractivity contribution >= 4 is 35.8 Å². The highest BCUT2D eigenvalue weighted by molar-refractivity contribution is 14.0. The van der Waals surface area contributed by atoms with Gasteiger partial charge in [-0.25, -0.2) is 4.99 Å². The molecule has 0 radical (unpaired) electrons. The van der Waals surface area contributed by atoms with Gasteiger partial charge in [0, 0.05) is 33.8 Å². The van der Waals surface area contributed by atoms with E-state index >= 15 is 0 Å². The Bertz CT molecular complexity index is 431. The van der Waals surface area contributed by atoms with Gasteiger partial charge >= 0.3 is 0 Å². The molecule has 0 bridgehead atoms. The molecule has 2 fully saturated rings. The van der Waals surface area contributed by atoms with Crippen molar-refractivity contribution in [3.05, 3.63) is 0 Å². The van der Waals surface area contributed by atoms with Crippen LogP contribution in [0.3, 0.4) is 0 Å². The molecule has 1 saturated carbocycles. The van der Waals surface area contributed by atoms with E-state index in [9.17, 15) is 4.79 Å². The van der Waals surface area contributed by atoms with Crippen LogP contribution in [0.4, 0.5) is 0 Å². The summed E-state index contributed by atoms with van der Waals surface area (Å²) in [6, 6.07) is 0. The van der Waals surface area contributed by atoms with Crippen LogP contribution in [-0.4, -0.2) is 62.7 Å². The molecule has 1 heterocycles. The molecule has 2 rings (SSSR count). The van der Waals surface area contributed by atoms with E-state index in [1.54, 1.807) is 19.0 Å². The quantitative estimate of drug-likeness (QED) is 0.359. The summed E-state index contributed by atoms with van der Waals surface area (Å²) in [6.45, 7) is 4.79. The highest BCUT2D eigenvalue weighted by Crippen LogP contribution is 2.24. The third kappa shape index (κ3) is 8.11. The first-order valence-electron chi connectivity index (χ1n) is 9.35. The molecule has 1 atom stereocenters. The van der Waals surface area contributed by atoms with E-state index in [1.807, 2.05) is 0 Å². The molecule has 146 valence electrons. The first-order chi connectivity index (χ1) is 11.5. The van der Waals surface area contributed by atoms with E-state index in [1.165, 1.54) is 32.1 Å². The maximum Gasteiger partial charge on any atom is 0.243 e. The van der Waals surface area contributed by atoms with Crippen molar-refractivity contribution < 1.29 is 9.53 Å². The van der Waals surface area contributed by atoms with E-state index in [0.29, 0.717) is 5.92 Å². The van der Waals surface area contributed by atoms with E-state index in [4.69, 9.17) is 4.74 Å². The lowest BCUT2D eigenvalue weighted by molar-refractivity contribution is -0.127. The first-order valence-corrected chi connectivity index (χ1v) is 9.35. The van der Waals surface area contributed by atoms with Crippen LogP contribution in [-0.2, 0) is 9.53 Å². The molecule has 6 nitrogen and oxygen atoms in total. The summed E-state index contributed by atoms with van der Waals surface area (Å²) in [6.07, 6.45) is 8.78. The fraction of sp³-hybridized carbons (Fsp3) is 0.889. The summed E-state index contributed by atoms with van der Waals surface area (Å²) in [5.41, 5.74) is -0.126. The second-order valence-corrected chi connectivity index (χ2v) is 7.59. The van der Waals surface area contributed by atoms with Gasteiger partial charge in [0.2, 0.25) is 5.91 Å². The minimum atomic E-state index is -0.126. The standard InChI is InChI=1S/C18H34N4O2.HI/c1-18(10-7-11-24-18)14-21-17(20-13-16(23)22(2)3)19-12-15-8-5-4-6-9-15;/h15H,4-14H2,1-3H3,(H2,19,20,21);1H. The molecule has 0 spiro atoms. The lowest BCUT2D eigenvalue weighted by Gasteiger charge is -2.26. The van der Waals surface area contributed by atoms with Crippen molar-refractivity contribution in [3.8, 4) is 0 Å².